The lowest BCUT2D eigenvalue weighted by atomic mass is 10.0. The quantitative estimate of drug-likeness (QED) is 0.471. The lowest BCUT2D eigenvalue weighted by Crippen LogP contribution is -2.22. The minimum atomic E-state index is -0.292. The third-order valence-electron chi connectivity index (χ3n) is 5.53. The SMILES string of the molecule is Cc1ccc(-c2nn(-c3ccccc3)cc2C(=O)Nc2cccc(C(=O)N(C)C)c2)cc1C. The summed E-state index contributed by atoms with van der Waals surface area (Å²) in [6, 6.07) is 22.7. The third kappa shape index (κ3) is 4.70. The molecule has 6 heteroatoms. The maximum atomic E-state index is 13.4. The predicted octanol–water partition coefficient (Wildman–Crippen LogP) is 5.11. The van der Waals surface area contributed by atoms with E-state index in [1.54, 1.807) is 49.2 Å². The van der Waals surface area contributed by atoms with Gasteiger partial charge in [0.05, 0.1) is 11.3 Å². The van der Waals surface area contributed by atoms with Gasteiger partial charge in [0.1, 0.15) is 5.69 Å². The Hall–Kier alpha value is -4.19. The molecule has 0 saturated heterocycles. The van der Waals surface area contributed by atoms with Gasteiger partial charge < -0.3 is 10.2 Å². The molecular formula is C27H26N4O2. The first-order chi connectivity index (χ1) is 15.8. The molecule has 0 unspecified atom stereocenters. The van der Waals surface area contributed by atoms with Gasteiger partial charge in [-0.1, -0.05) is 36.4 Å². The molecule has 0 aliphatic carbocycles. The van der Waals surface area contributed by atoms with Crippen LogP contribution in [-0.2, 0) is 0 Å². The highest BCUT2D eigenvalue weighted by Crippen LogP contribution is 2.27. The number of nitrogens with one attached hydrogen (secondary N) is 1. The highest BCUT2D eigenvalue weighted by atomic mass is 16.2. The molecule has 0 spiro atoms. The van der Waals surface area contributed by atoms with Gasteiger partial charge in [0.25, 0.3) is 11.8 Å². The first kappa shape index (κ1) is 22.0. The summed E-state index contributed by atoms with van der Waals surface area (Å²) in [6.07, 6.45) is 1.74. The number of carbonyl (C=O) groups is 2. The molecule has 0 saturated carbocycles. The number of aromatic nitrogens is 2. The van der Waals surface area contributed by atoms with E-state index in [1.807, 2.05) is 55.5 Å². The Labute approximate surface area is 193 Å². The van der Waals surface area contributed by atoms with Crippen molar-refractivity contribution in [3.63, 3.8) is 0 Å². The topological polar surface area (TPSA) is 67.2 Å². The lowest BCUT2D eigenvalue weighted by molar-refractivity contribution is 0.0827. The molecule has 6 nitrogen and oxygen atoms in total. The third-order valence-corrected chi connectivity index (χ3v) is 5.53. The zero-order valence-corrected chi connectivity index (χ0v) is 19.2. The molecule has 1 aromatic heterocycles. The molecule has 4 aromatic rings. The monoisotopic (exact) mass is 438 g/mol. The van der Waals surface area contributed by atoms with Crippen LogP contribution < -0.4 is 5.32 Å². The van der Waals surface area contributed by atoms with Gasteiger partial charge in [0.2, 0.25) is 0 Å². The summed E-state index contributed by atoms with van der Waals surface area (Å²) in [5.41, 5.74) is 6.14. The molecule has 1 N–H and O–H groups in total. The molecule has 0 atom stereocenters. The molecular weight excluding hydrogens is 412 g/mol. The highest BCUT2D eigenvalue weighted by molar-refractivity contribution is 6.08. The van der Waals surface area contributed by atoms with E-state index in [-0.39, 0.29) is 11.8 Å². The van der Waals surface area contributed by atoms with Crippen molar-refractivity contribution >= 4 is 17.5 Å². The Morgan fingerprint density at radius 3 is 2.33 bits per heavy atom. The van der Waals surface area contributed by atoms with Crippen molar-refractivity contribution in [3.8, 4) is 16.9 Å². The zero-order valence-electron chi connectivity index (χ0n) is 19.2. The van der Waals surface area contributed by atoms with Crippen molar-refractivity contribution in [1.82, 2.24) is 14.7 Å². The van der Waals surface area contributed by atoms with E-state index in [9.17, 15) is 9.59 Å². The number of nitrogens with zero attached hydrogens (tertiary/aromatic N) is 3. The predicted molar refractivity (Wildman–Crippen MR) is 131 cm³/mol. The van der Waals surface area contributed by atoms with E-state index < -0.39 is 0 Å². The summed E-state index contributed by atoms with van der Waals surface area (Å²) >= 11 is 0. The number of rotatable bonds is 5. The highest BCUT2D eigenvalue weighted by Gasteiger charge is 2.20. The van der Waals surface area contributed by atoms with Crippen molar-refractivity contribution in [2.45, 2.75) is 13.8 Å². The molecule has 0 fully saturated rings. The normalized spacial score (nSPS) is 10.7. The average Bonchev–Trinajstić information content (AvgIpc) is 3.27. The van der Waals surface area contributed by atoms with E-state index in [4.69, 9.17) is 5.10 Å². The van der Waals surface area contributed by atoms with Crippen LogP contribution in [-0.4, -0.2) is 40.6 Å². The van der Waals surface area contributed by atoms with Crippen LogP contribution >= 0.6 is 0 Å². The maximum absolute atomic E-state index is 13.4. The number of para-hydroxylation sites is 1. The summed E-state index contributed by atoms with van der Waals surface area (Å²) in [5, 5.41) is 7.68. The molecule has 0 radical (unpaired) electrons. The molecule has 0 bridgehead atoms. The summed E-state index contributed by atoms with van der Waals surface area (Å²) in [7, 11) is 3.39. The molecule has 2 amide bonds. The zero-order chi connectivity index (χ0) is 23.5. The van der Waals surface area contributed by atoms with Gasteiger partial charge in [-0.2, -0.15) is 5.10 Å². The van der Waals surface area contributed by atoms with Gasteiger partial charge in [0.15, 0.2) is 0 Å². The standard InChI is InChI=1S/C27H26N4O2/c1-18-13-14-20(15-19(18)2)25-24(17-31(29-25)23-11-6-5-7-12-23)26(32)28-22-10-8-9-21(16-22)27(33)30(3)4/h5-17H,1-4H3,(H,28,32). The molecule has 33 heavy (non-hydrogen) atoms. The van der Waals surface area contributed by atoms with Crippen LogP contribution in [0.25, 0.3) is 16.9 Å². The van der Waals surface area contributed by atoms with Crippen LogP contribution in [0.1, 0.15) is 31.8 Å². The maximum Gasteiger partial charge on any atom is 0.259 e. The van der Waals surface area contributed by atoms with Gasteiger partial charge in [-0.25, -0.2) is 4.68 Å². The van der Waals surface area contributed by atoms with Gasteiger partial charge >= 0.3 is 0 Å². The van der Waals surface area contributed by atoms with Crippen molar-refractivity contribution in [1.29, 1.82) is 0 Å². The number of anilines is 1. The Morgan fingerprint density at radius 1 is 0.879 bits per heavy atom. The van der Waals surface area contributed by atoms with Crippen molar-refractivity contribution in [2.24, 2.45) is 0 Å². The van der Waals surface area contributed by atoms with E-state index in [1.165, 1.54) is 10.5 Å². The van der Waals surface area contributed by atoms with Crippen molar-refractivity contribution < 1.29 is 9.59 Å². The molecule has 1 heterocycles. The number of aryl methyl sites for hydroxylation is 2. The number of hydrogen-bond donors (Lipinski definition) is 1. The fraction of sp³-hybridized carbons (Fsp3) is 0.148. The first-order valence-electron chi connectivity index (χ1n) is 10.7. The van der Waals surface area contributed by atoms with Gasteiger partial charge in [-0.3, -0.25) is 9.59 Å². The molecule has 0 aliphatic rings. The van der Waals surface area contributed by atoms with Crippen LogP contribution in [0.5, 0.6) is 0 Å². The minimum absolute atomic E-state index is 0.126. The summed E-state index contributed by atoms with van der Waals surface area (Å²) < 4.78 is 1.71. The van der Waals surface area contributed by atoms with Gasteiger partial charge in [-0.15, -0.1) is 0 Å². The molecule has 3 aromatic carbocycles. The Bertz CT molecular complexity index is 1320. The first-order valence-corrected chi connectivity index (χ1v) is 10.7. The Morgan fingerprint density at radius 2 is 1.64 bits per heavy atom. The number of hydrogen-bond acceptors (Lipinski definition) is 3. The largest absolute Gasteiger partial charge is 0.345 e. The number of benzene rings is 3. The summed E-state index contributed by atoms with van der Waals surface area (Å²) in [6.45, 7) is 4.09. The summed E-state index contributed by atoms with van der Waals surface area (Å²) in [4.78, 5) is 27.2. The van der Waals surface area contributed by atoms with Crippen molar-refractivity contribution in [2.75, 3.05) is 19.4 Å². The lowest BCUT2D eigenvalue weighted by Gasteiger charge is -2.12. The van der Waals surface area contributed by atoms with Crippen molar-refractivity contribution in [3.05, 3.63) is 101 Å². The van der Waals surface area contributed by atoms with Crippen LogP contribution in [0.2, 0.25) is 0 Å². The Balaban J connectivity index is 1.73. The van der Waals surface area contributed by atoms with E-state index in [0.29, 0.717) is 22.5 Å². The minimum Gasteiger partial charge on any atom is -0.345 e. The fourth-order valence-corrected chi connectivity index (χ4v) is 3.54. The van der Waals surface area contributed by atoms with Gasteiger partial charge in [-0.05, 0) is 61.4 Å². The number of amides is 2. The number of carbonyl (C=O) groups excluding carboxylic acids is 2. The van der Waals surface area contributed by atoms with E-state index in [0.717, 1.165) is 16.8 Å². The second-order valence-corrected chi connectivity index (χ2v) is 8.21. The smallest absolute Gasteiger partial charge is 0.259 e. The van der Waals surface area contributed by atoms with Crippen LogP contribution in [0, 0.1) is 13.8 Å². The van der Waals surface area contributed by atoms with Crippen LogP contribution in [0.15, 0.2) is 79.0 Å². The summed E-state index contributed by atoms with van der Waals surface area (Å²) in [5.74, 6) is -0.418. The van der Waals surface area contributed by atoms with E-state index >= 15 is 0 Å². The second kappa shape index (κ2) is 9.12. The van der Waals surface area contributed by atoms with E-state index in [2.05, 4.69) is 12.2 Å². The van der Waals surface area contributed by atoms with Gasteiger partial charge in [0, 0.05) is 37.1 Å². The van der Waals surface area contributed by atoms with Crippen LogP contribution in [0.3, 0.4) is 0 Å². The average molecular weight is 439 g/mol. The molecule has 0 aliphatic heterocycles. The van der Waals surface area contributed by atoms with Crippen LogP contribution in [0.4, 0.5) is 5.69 Å². The molecule has 4 rings (SSSR count). The Kier molecular flexibility index (Phi) is 6.09. The fourth-order valence-electron chi connectivity index (χ4n) is 3.54. The molecule has 166 valence electrons. The second-order valence-electron chi connectivity index (χ2n) is 8.21.